The molecule has 0 saturated heterocycles. The van der Waals surface area contributed by atoms with Crippen LogP contribution in [0.1, 0.15) is 18.4 Å². The molecule has 1 saturated carbocycles. The minimum Gasteiger partial charge on any atom is -0.355 e. The largest absolute Gasteiger partial charge is 0.355 e. The molecule has 1 fully saturated rings. The molecule has 1 aromatic heterocycles. The van der Waals surface area contributed by atoms with Crippen LogP contribution in [0.25, 0.3) is 5.69 Å². The molecule has 3 rings (SSSR count). The fraction of sp³-hybridized carbons (Fsp3) is 0.375. The average molecular weight is 301 g/mol. The van der Waals surface area contributed by atoms with E-state index in [-0.39, 0.29) is 5.91 Å². The fourth-order valence-corrected chi connectivity index (χ4v) is 2.97. The van der Waals surface area contributed by atoms with Gasteiger partial charge < -0.3 is 5.32 Å². The summed E-state index contributed by atoms with van der Waals surface area (Å²) in [6.45, 7) is 2.90. The number of hydrogen-bond acceptors (Lipinski definition) is 3. The number of nitrogens with zero attached hydrogens (tertiary/aromatic N) is 2. The van der Waals surface area contributed by atoms with Crippen LogP contribution in [0.15, 0.2) is 41.8 Å². The topological polar surface area (TPSA) is 46.9 Å². The van der Waals surface area contributed by atoms with Crippen molar-refractivity contribution in [3.8, 4) is 5.69 Å². The van der Waals surface area contributed by atoms with Crippen LogP contribution >= 0.6 is 11.8 Å². The number of benzene rings is 1. The van der Waals surface area contributed by atoms with Crippen LogP contribution in [-0.4, -0.2) is 27.8 Å². The molecule has 0 aliphatic heterocycles. The smallest absolute Gasteiger partial charge is 0.230 e. The van der Waals surface area contributed by atoms with Crippen LogP contribution in [0.4, 0.5) is 0 Å². The zero-order valence-corrected chi connectivity index (χ0v) is 12.9. The summed E-state index contributed by atoms with van der Waals surface area (Å²) < 4.78 is 2.04. The maximum atomic E-state index is 11.8. The summed E-state index contributed by atoms with van der Waals surface area (Å²) in [4.78, 5) is 16.2. The van der Waals surface area contributed by atoms with Crippen LogP contribution in [0.2, 0.25) is 0 Å². The Labute approximate surface area is 129 Å². The van der Waals surface area contributed by atoms with Gasteiger partial charge in [0.25, 0.3) is 0 Å². The van der Waals surface area contributed by atoms with Crippen LogP contribution < -0.4 is 5.32 Å². The molecular weight excluding hydrogens is 282 g/mol. The number of nitrogens with one attached hydrogen (secondary N) is 1. The van der Waals surface area contributed by atoms with Crippen LogP contribution in [0.3, 0.4) is 0 Å². The van der Waals surface area contributed by atoms with E-state index < -0.39 is 0 Å². The highest BCUT2D eigenvalue weighted by Crippen LogP contribution is 2.27. The molecule has 1 aromatic carbocycles. The first-order valence-electron chi connectivity index (χ1n) is 7.23. The van der Waals surface area contributed by atoms with Gasteiger partial charge in [-0.1, -0.05) is 30.0 Å². The van der Waals surface area contributed by atoms with Crippen molar-refractivity contribution in [2.75, 3.05) is 12.3 Å². The van der Waals surface area contributed by atoms with Gasteiger partial charge in [-0.05, 0) is 37.3 Å². The van der Waals surface area contributed by atoms with E-state index in [1.54, 1.807) is 6.20 Å². The predicted octanol–water partition coefficient (Wildman–Crippen LogP) is 2.80. The number of thioether (sulfide) groups is 1. The molecule has 0 atom stereocenters. The first kappa shape index (κ1) is 14.2. The molecule has 1 N–H and O–H groups in total. The zero-order valence-electron chi connectivity index (χ0n) is 12.1. The normalized spacial score (nSPS) is 14.1. The first-order chi connectivity index (χ1) is 10.2. The molecule has 5 heteroatoms. The number of aromatic nitrogens is 2. The van der Waals surface area contributed by atoms with Crippen molar-refractivity contribution in [3.05, 3.63) is 42.2 Å². The highest BCUT2D eigenvalue weighted by Gasteiger charge is 2.21. The van der Waals surface area contributed by atoms with Gasteiger partial charge in [0.05, 0.1) is 11.4 Å². The van der Waals surface area contributed by atoms with Gasteiger partial charge in [-0.3, -0.25) is 9.36 Å². The van der Waals surface area contributed by atoms with E-state index in [4.69, 9.17) is 0 Å². The van der Waals surface area contributed by atoms with E-state index in [0.29, 0.717) is 11.7 Å². The molecule has 1 amide bonds. The van der Waals surface area contributed by atoms with Crippen molar-refractivity contribution >= 4 is 17.7 Å². The Kier molecular flexibility index (Phi) is 4.29. The second-order valence-electron chi connectivity index (χ2n) is 5.40. The van der Waals surface area contributed by atoms with E-state index in [1.165, 1.54) is 30.2 Å². The number of aryl methyl sites for hydroxylation is 1. The third kappa shape index (κ3) is 3.67. The Morgan fingerprint density at radius 2 is 2.24 bits per heavy atom. The molecule has 110 valence electrons. The van der Waals surface area contributed by atoms with E-state index >= 15 is 0 Å². The van der Waals surface area contributed by atoms with Gasteiger partial charge in [-0.15, -0.1) is 0 Å². The number of carbonyl (C=O) groups is 1. The molecule has 1 aliphatic carbocycles. The van der Waals surface area contributed by atoms with Gasteiger partial charge in [0.15, 0.2) is 5.16 Å². The van der Waals surface area contributed by atoms with Crippen LogP contribution in [0.5, 0.6) is 0 Å². The van der Waals surface area contributed by atoms with Gasteiger partial charge in [0, 0.05) is 18.9 Å². The molecule has 0 unspecified atom stereocenters. The number of amides is 1. The highest BCUT2D eigenvalue weighted by molar-refractivity contribution is 7.99. The second-order valence-corrected chi connectivity index (χ2v) is 6.34. The molecule has 0 bridgehead atoms. The van der Waals surface area contributed by atoms with E-state index in [0.717, 1.165) is 17.4 Å². The summed E-state index contributed by atoms with van der Waals surface area (Å²) >= 11 is 1.48. The number of imidazole rings is 1. The van der Waals surface area contributed by atoms with E-state index in [1.807, 2.05) is 22.9 Å². The third-order valence-corrected chi connectivity index (χ3v) is 4.57. The fourth-order valence-electron chi connectivity index (χ4n) is 2.17. The summed E-state index contributed by atoms with van der Waals surface area (Å²) in [7, 11) is 0. The minimum absolute atomic E-state index is 0.0891. The Hall–Kier alpha value is -1.75. The standard InChI is InChI=1S/C16H19N3OS/c1-12-4-2-3-5-14(12)19-9-8-17-16(19)21-11-15(20)18-10-13-6-7-13/h2-5,8-9,13H,6-7,10-11H2,1H3,(H,18,20). The molecule has 1 aliphatic rings. The maximum absolute atomic E-state index is 11.8. The number of hydrogen-bond donors (Lipinski definition) is 1. The first-order valence-corrected chi connectivity index (χ1v) is 8.21. The van der Waals surface area contributed by atoms with E-state index in [2.05, 4.69) is 29.4 Å². The lowest BCUT2D eigenvalue weighted by Gasteiger charge is -2.10. The molecule has 0 radical (unpaired) electrons. The highest BCUT2D eigenvalue weighted by atomic mass is 32.2. The number of para-hydroxylation sites is 1. The average Bonchev–Trinajstić information content (AvgIpc) is 3.21. The van der Waals surface area contributed by atoms with Gasteiger partial charge in [0.2, 0.25) is 5.91 Å². The number of rotatable bonds is 6. The van der Waals surface area contributed by atoms with Crippen molar-refractivity contribution < 1.29 is 4.79 Å². The number of carbonyl (C=O) groups excluding carboxylic acids is 1. The van der Waals surface area contributed by atoms with Gasteiger partial charge in [-0.25, -0.2) is 4.98 Å². The van der Waals surface area contributed by atoms with Gasteiger partial charge >= 0.3 is 0 Å². The second kappa shape index (κ2) is 6.35. The van der Waals surface area contributed by atoms with Gasteiger partial charge in [-0.2, -0.15) is 0 Å². The van der Waals surface area contributed by atoms with Gasteiger partial charge in [0.1, 0.15) is 0 Å². The zero-order chi connectivity index (χ0) is 14.7. The van der Waals surface area contributed by atoms with Crippen molar-refractivity contribution in [1.82, 2.24) is 14.9 Å². The molecule has 0 spiro atoms. The molecular formula is C16H19N3OS. The molecule has 2 aromatic rings. The van der Waals surface area contributed by atoms with Crippen LogP contribution in [-0.2, 0) is 4.79 Å². The van der Waals surface area contributed by atoms with Crippen molar-refractivity contribution in [2.24, 2.45) is 5.92 Å². The Morgan fingerprint density at radius 1 is 1.43 bits per heavy atom. The lowest BCUT2D eigenvalue weighted by Crippen LogP contribution is -2.27. The summed E-state index contributed by atoms with van der Waals surface area (Å²) in [6, 6.07) is 8.17. The Bertz CT molecular complexity index is 634. The molecule has 4 nitrogen and oxygen atoms in total. The van der Waals surface area contributed by atoms with E-state index in [9.17, 15) is 4.79 Å². The van der Waals surface area contributed by atoms with Crippen LogP contribution in [0, 0.1) is 12.8 Å². The lowest BCUT2D eigenvalue weighted by molar-refractivity contribution is -0.118. The summed E-state index contributed by atoms with van der Waals surface area (Å²) in [5, 5.41) is 3.83. The Morgan fingerprint density at radius 3 is 3.00 bits per heavy atom. The SMILES string of the molecule is Cc1ccccc1-n1ccnc1SCC(=O)NCC1CC1. The monoisotopic (exact) mass is 301 g/mol. The van der Waals surface area contributed by atoms with Crippen molar-refractivity contribution in [2.45, 2.75) is 24.9 Å². The maximum Gasteiger partial charge on any atom is 0.230 e. The predicted molar refractivity (Wildman–Crippen MR) is 84.8 cm³/mol. The minimum atomic E-state index is 0.0891. The lowest BCUT2D eigenvalue weighted by atomic mass is 10.2. The summed E-state index contributed by atoms with van der Waals surface area (Å²) in [5.74, 6) is 1.22. The van der Waals surface area contributed by atoms with Crippen molar-refractivity contribution in [1.29, 1.82) is 0 Å². The Balaban J connectivity index is 1.62. The molecule has 1 heterocycles. The quantitative estimate of drug-likeness (QED) is 0.835. The summed E-state index contributed by atoms with van der Waals surface area (Å²) in [6.07, 6.45) is 6.22. The molecule has 21 heavy (non-hydrogen) atoms. The third-order valence-electron chi connectivity index (χ3n) is 3.60. The van der Waals surface area contributed by atoms with Crippen molar-refractivity contribution in [3.63, 3.8) is 0 Å². The summed E-state index contributed by atoms with van der Waals surface area (Å²) in [5.41, 5.74) is 2.30.